The molecule has 1 fully saturated rings. The summed E-state index contributed by atoms with van der Waals surface area (Å²) in [6.45, 7) is 0.973. The van der Waals surface area contributed by atoms with Crippen molar-refractivity contribution in [2.75, 3.05) is 19.8 Å². The summed E-state index contributed by atoms with van der Waals surface area (Å²) in [6.07, 6.45) is -5.60. The zero-order valence-corrected chi connectivity index (χ0v) is 10.9. The lowest BCUT2D eigenvalue weighted by molar-refractivity contribution is -0.453. The first-order valence-electron chi connectivity index (χ1n) is 6.17. The summed E-state index contributed by atoms with van der Waals surface area (Å²) in [4.78, 5) is 0. The predicted octanol–water partition coefficient (Wildman–Crippen LogP) is 2.73. The fraction of sp³-hybridized carbons (Fsp3) is 0.538. The third-order valence-electron chi connectivity index (χ3n) is 2.64. The molecule has 0 amide bonds. The maximum absolute atomic E-state index is 12.9. The van der Waals surface area contributed by atoms with Crippen LogP contribution in [0.2, 0.25) is 0 Å². The molecule has 0 aliphatic carbocycles. The van der Waals surface area contributed by atoms with E-state index in [0.29, 0.717) is 5.75 Å². The van der Waals surface area contributed by atoms with E-state index < -0.39 is 18.3 Å². The summed E-state index contributed by atoms with van der Waals surface area (Å²) in [7, 11) is 0. The first-order chi connectivity index (χ1) is 9.47. The molecule has 1 aliphatic heterocycles. The molecule has 20 heavy (non-hydrogen) atoms. The fourth-order valence-electron chi connectivity index (χ4n) is 1.77. The quantitative estimate of drug-likeness (QED) is 0.836. The zero-order valence-electron chi connectivity index (χ0n) is 10.9. The number of halogens is 3. The van der Waals surface area contributed by atoms with Crippen molar-refractivity contribution in [3.05, 3.63) is 30.3 Å². The topological polar surface area (TPSA) is 36.9 Å². The monoisotopic (exact) mass is 292 g/mol. The van der Waals surface area contributed by atoms with E-state index in [0.717, 1.165) is 0 Å². The first-order valence-corrected chi connectivity index (χ1v) is 6.17. The van der Waals surface area contributed by atoms with Crippen molar-refractivity contribution in [2.24, 2.45) is 0 Å². The van der Waals surface area contributed by atoms with E-state index in [1.165, 1.54) is 6.92 Å². The fourth-order valence-corrected chi connectivity index (χ4v) is 1.77. The Labute approximate surface area is 114 Å². The molecule has 0 N–H and O–H groups in total. The molecular weight excluding hydrogens is 277 g/mol. The summed E-state index contributed by atoms with van der Waals surface area (Å²) < 4.78 is 58.3. The number of alkyl halides is 3. The van der Waals surface area contributed by atoms with Crippen molar-refractivity contribution in [3.63, 3.8) is 0 Å². The maximum atomic E-state index is 12.9. The Kier molecular flexibility index (Phi) is 4.52. The van der Waals surface area contributed by atoms with Crippen molar-refractivity contribution in [1.82, 2.24) is 0 Å². The van der Waals surface area contributed by atoms with Crippen LogP contribution in [0.3, 0.4) is 0 Å². The Hall–Kier alpha value is -1.31. The van der Waals surface area contributed by atoms with Crippen molar-refractivity contribution in [1.29, 1.82) is 0 Å². The lowest BCUT2D eigenvalue weighted by atomic mass is 10.3. The van der Waals surface area contributed by atoms with Gasteiger partial charge in [-0.05, 0) is 19.1 Å². The molecule has 1 heterocycles. The molecule has 2 rings (SSSR count). The molecule has 0 bridgehead atoms. The molecule has 0 radical (unpaired) electrons. The van der Waals surface area contributed by atoms with Gasteiger partial charge in [0.25, 0.3) is 0 Å². The van der Waals surface area contributed by atoms with E-state index in [9.17, 15) is 13.2 Å². The largest absolute Gasteiger partial charge is 0.491 e. The Bertz CT molecular complexity index is 423. The third kappa shape index (κ3) is 3.23. The van der Waals surface area contributed by atoms with Gasteiger partial charge in [0.1, 0.15) is 18.5 Å². The summed E-state index contributed by atoms with van der Waals surface area (Å²) >= 11 is 0. The Balaban J connectivity index is 1.93. The SMILES string of the molecule is CCOC1(C(F)(F)F)OCC(COc2ccccc2)O1. The maximum Gasteiger partial charge on any atom is 0.473 e. The van der Waals surface area contributed by atoms with Crippen LogP contribution in [0.4, 0.5) is 13.2 Å². The normalized spacial score (nSPS) is 26.7. The van der Waals surface area contributed by atoms with E-state index in [1.54, 1.807) is 24.3 Å². The van der Waals surface area contributed by atoms with E-state index in [-0.39, 0.29) is 19.8 Å². The second kappa shape index (κ2) is 5.99. The summed E-state index contributed by atoms with van der Waals surface area (Å²) in [6, 6.07) is 8.75. The zero-order chi connectivity index (χ0) is 14.6. The van der Waals surface area contributed by atoms with Crippen molar-refractivity contribution in [3.8, 4) is 5.75 Å². The van der Waals surface area contributed by atoms with Gasteiger partial charge in [-0.3, -0.25) is 0 Å². The van der Waals surface area contributed by atoms with Crippen LogP contribution in [0, 0.1) is 0 Å². The summed E-state index contributed by atoms with van der Waals surface area (Å²) in [5.41, 5.74) is 0. The number of hydrogen-bond acceptors (Lipinski definition) is 4. The molecule has 0 aromatic heterocycles. The molecule has 0 spiro atoms. The van der Waals surface area contributed by atoms with Crippen LogP contribution in [-0.2, 0) is 14.2 Å². The van der Waals surface area contributed by atoms with Crippen LogP contribution in [0.25, 0.3) is 0 Å². The highest BCUT2D eigenvalue weighted by Crippen LogP contribution is 2.40. The molecular formula is C13H15F3O4. The minimum atomic E-state index is -4.76. The van der Waals surface area contributed by atoms with Gasteiger partial charge in [-0.25, -0.2) is 0 Å². The lowest BCUT2D eigenvalue weighted by Crippen LogP contribution is -2.49. The number of benzene rings is 1. The smallest absolute Gasteiger partial charge is 0.473 e. The van der Waals surface area contributed by atoms with Gasteiger partial charge in [0.2, 0.25) is 0 Å². The van der Waals surface area contributed by atoms with Crippen LogP contribution in [0.5, 0.6) is 5.75 Å². The molecule has 7 heteroatoms. The van der Waals surface area contributed by atoms with Gasteiger partial charge >= 0.3 is 12.1 Å². The van der Waals surface area contributed by atoms with Crippen molar-refractivity contribution < 1.29 is 32.1 Å². The average Bonchev–Trinajstić information content (AvgIpc) is 2.82. The molecule has 1 aliphatic rings. The number of ether oxygens (including phenoxy) is 4. The minimum absolute atomic E-state index is 0.0467. The van der Waals surface area contributed by atoms with Crippen molar-refractivity contribution >= 4 is 0 Å². The molecule has 2 unspecified atom stereocenters. The second-order valence-corrected chi connectivity index (χ2v) is 4.16. The highest BCUT2D eigenvalue weighted by molar-refractivity contribution is 5.20. The van der Waals surface area contributed by atoms with Gasteiger partial charge < -0.3 is 18.9 Å². The Morgan fingerprint density at radius 1 is 1.30 bits per heavy atom. The van der Waals surface area contributed by atoms with E-state index >= 15 is 0 Å². The van der Waals surface area contributed by atoms with Gasteiger partial charge in [-0.1, -0.05) is 18.2 Å². The summed E-state index contributed by atoms with van der Waals surface area (Å²) in [5, 5.41) is 0. The van der Waals surface area contributed by atoms with Crippen LogP contribution in [-0.4, -0.2) is 38.1 Å². The molecule has 0 saturated carbocycles. The highest BCUT2D eigenvalue weighted by Gasteiger charge is 2.64. The van der Waals surface area contributed by atoms with Crippen LogP contribution in [0.1, 0.15) is 6.92 Å². The van der Waals surface area contributed by atoms with Gasteiger partial charge in [-0.15, -0.1) is 0 Å². The third-order valence-corrected chi connectivity index (χ3v) is 2.64. The molecule has 1 aromatic rings. The van der Waals surface area contributed by atoms with Crippen molar-refractivity contribution in [2.45, 2.75) is 25.2 Å². The number of hydrogen-bond donors (Lipinski definition) is 0. The second-order valence-electron chi connectivity index (χ2n) is 4.16. The van der Waals surface area contributed by atoms with Gasteiger partial charge in [0.15, 0.2) is 0 Å². The minimum Gasteiger partial charge on any atom is -0.491 e. The molecule has 1 aromatic carbocycles. The number of rotatable bonds is 5. The predicted molar refractivity (Wildman–Crippen MR) is 63.2 cm³/mol. The Morgan fingerprint density at radius 2 is 2.00 bits per heavy atom. The van der Waals surface area contributed by atoms with E-state index in [1.807, 2.05) is 6.07 Å². The first kappa shape index (κ1) is 15.1. The van der Waals surface area contributed by atoms with Crippen LogP contribution >= 0.6 is 0 Å². The van der Waals surface area contributed by atoms with Gasteiger partial charge in [0.05, 0.1) is 6.61 Å². The number of para-hydroxylation sites is 1. The van der Waals surface area contributed by atoms with Gasteiger partial charge in [-0.2, -0.15) is 13.2 Å². The van der Waals surface area contributed by atoms with Gasteiger partial charge in [0, 0.05) is 6.61 Å². The van der Waals surface area contributed by atoms with Crippen LogP contribution < -0.4 is 4.74 Å². The van der Waals surface area contributed by atoms with E-state index in [2.05, 4.69) is 4.74 Å². The van der Waals surface area contributed by atoms with E-state index in [4.69, 9.17) is 14.2 Å². The lowest BCUT2D eigenvalue weighted by Gasteiger charge is -2.28. The van der Waals surface area contributed by atoms with Crippen LogP contribution in [0.15, 0.2) is 30.3 Å². The molecule has 2 atom stereocenters. The Morgan fingerprint density at radius 3 is 2.60 bits per heavy atom. The molecule has 112 valence electrons. The summed E-state index contributed by atoms with van der Waals surface area (Å²) in [5.74, 6) is -2.43. The molecule has 4 nitrogen and oxygen atoms in total. The standard InChI is InChI=1S/C13H15F3O4/c1-2-18-13(12(14,15)16)19-9-11(20-13)8-17-10-6-4-3-5-7-10/h3-7,11H,2,8-9H2,1H3. The highest BCUT2D eigenvalue weighted by atomic mass is 19.4. The average molecular weight is 292 g/mol. The molecule has 1 saturated heterocycles.